The average Bonchev–Trinajstić information content (AvgIpc) is 3.15. The van der Waals surface area contributed by atoms with Crippen LogP contribution in [-0.2, 0) is 12.8 Å². The summed E-state index contributed by atoms with van der Waals surface area (Å²) in [6.45, 7) is 4.47. The van der Waals surface area contributed by atoms with E-state index in [9.17, 15) is 5.11 Å². The van der Waals surface area contributed by atoms with E-state index in [0.717, 1.165) is 52.1 Å². The molecule has 0 saturated heterocycles. The number of nitrogens with zero attached hydrogens (tertiary/aromatic N) is 1. The topological polar surface area (TPSA) is 58.1 Å². The molecule has 0 aliphatic heterocycles. The monoisotopic (exact) mass is 386 g/mol. The van der Waals surface area contributed by atoms with Crippen molar-refractivity contribution in [2.45, 2.75) is 32.8 Å². The van der Waals surface area contributed by atoms with Gasteiger partial charge in [0.25, 0.3) is 0 Å². The van der Waals surface area contributed by atoms with E-state index < -0.39 is 6.10 Å². The van der Waals surface area contributed by atoms with Gasteiger partial charge in [-0.1, -0.05) is 42.5 Å². The molecule has 4 rings (SSSR count). The number of hydrogen-bond acceptors (Lipinski definition) is 3. The fourth-order valence-corrected chi connectivity index (χ4v) is 3.65. The minimum Gasteiger partial charge on any atom is -0.494 e. The van der Waals surface area contributed by atoms with Gasteiger partial charge in [-0.2, -0.15) is 0 Å². The molecule has 0 amide bonds. The molecule has 3 aromatic carbocycles. The van der Waals surface area contributed by atoms with Crippen LogP contribution in [0.3, 0.4) is 0 Å². The van der Waals surface area contributed by atoms with Crippen LogP contribution < -0.4 is 4.74 Å². The zero-order valence-electron chi connectivity index (χ0n) is 16.9. The van der Waals surface area contributed by atoms with Crippen LogP contribution in [0.4, 0.5) is 0 Å². The molecule has 4 aromatic rings. The molecule has 4 nitrogen and oxygen atoms in total. The van der Waals surface area contributed by atoms with E-state index in [4.69, 9.17) is 9.72 Å². The van der Waals surface area contributed by atoms with Gasteiger partial charge in [0.05, 0.1) is 23.7 Å². The third-order valence-corrected chi connectivity index (χ3v) is 5.14. The third-order valence-electron chi connectivity index (χ3n) is 5.14. The molecule has 1 atom stereocenters. The van der Waals surface area contributed by atoms with Crippen molar-refractivity contribution in [1.29, 1.82) is 0 Å². The molecule has 0 fully saturated rings. The summed E-state index contributed by atoms with van der Waals surface area (Å²) in [7, 11) is 0. The van der Waals surface area contributed by atoms with Crippen molar-refractivity contribution in [2.24, 2.45) is 0 Å². The first-order valence-corrected chi connectivity index (χ1v) is 10.1. The number of fused-ring (bicyclic) bond motifs is 1. The van der Waals surface area contributed by atoms with Crippen LogP contribution in [0.15, 0.2) is 66.7 Å². The van der Waals surface area contributed by atoms with Crippen LogP contribution in [0, 0.1) is 0 Å². The lowest BCUT2D eigenvalue weighted by atomic mass is 9.96. The summed E-state index contributed by atoms with van der Waals surface area (Å²) in [5.74, 6) is 1.89. The van der Waals surface area contributed by atoms with Crippen LogP contribution >= 0.6 is 0 Å². The van der Waals surface area contributed by atoms with Gasteiger partial charge in [0.15, 0.2) is 0 Å². The molecule has 29 heavy (non-hydrogen) atoms. The first-order valence-electron chi connectivity index (χ1n) is 10.1. The summed E-state index contributed by atoms with van der Waals surface area (Å²) < 4.78 is 5.50. The maximum atomic E-state index is 10.1. The van der Waals surface area contributed by atoms with Crippen LogP contribution in [0.25, 0.3) is 22.2 Å². The second-order valence-corrected chi connectivity index (χ2v) is 7.26. The van der Waals surface area contributed by atoms with Crippen molar-refractivity contribution in [3.8, 4) is 16.9 Å². The van der Waals surface area contributed by atoms with Crippen molar-refractivity contribution >= 4 is 11.0 Å². The molecule has 148 valence electrons. The second-order valence-electron chi connectivity index (χ2n) is 7.26. The molecule has 0 radical (unpaired) electrons. The number of aryl methyl sites for hydroxylation is 2. The van der Waals surface area contributed by atoms with E-state index in [2.05, 4.69) is 29.2 Å². The Hall–Kier alpha value is -3.11. The minimum atomic E-state index is -0.506. The zero-order chi connectivity index (χ0) is 20.2. The van der Waals surface area contributed by atoms with Gasteiger partial charge in [-0.3, -0.25) is 0 Å². The van der Waals surface area contributed by atoms with Gasteiger partial charge >= 0.3 is 0 Å². The highest BCUT2D eigenvalue weighted by molar-refractivity contribution is 5.83. The predicted octanol–water partition coefficient (Wildman–Crippen LogP) is 5.47. The molecular weight excluding hydrogens is 360 g/mol. The van der Waals surface area contributed by atoms with Gasteiger partial charge in [-0.25, -0.2) is 4.98 Å². The van der Waals surface area contributed by atoms with Crippen LogP contribution in [0.5, 0.6) is 5.75 Å². The number of aliphatic hydroxyl groups is 1. The number of aliphatic hydroxyl groups excluding tert-OH is 1. The molecule has 0 aliphatic rings. The fraction of sp³-hybridized carbons (Fsp3) is 0.240. The fourth-order valence-electron chi connectivity index (χ4n) is 3.65. The van der Waals surface area contributed by atoms with Gasteiger partial charge in [0.1, 0.15) is 11.6 Å². The Morgan fingerprint density at radius 2 is 1.79 bits per heavy atom. The zero-order valence-corrected chi connectivity index (χ0v) is 16.9. The van der Waals surface area contributed by atoms with Crippen LogP contribution in [0.1, 0.15) is 36.9 Å². The number of rotatable bonds is 7. The molecule has 0 aliphatic carbocycles. The number of imidazole rings is 1. The number of benzene rings is 3. The van der Waals surface area contributed by atoms with E-state index in [1.165, 1.54) is 5.56 Å². The van der Waals surface area contributed by atoms with E-state index in [1.54, 1.807) is 6.92 Å². The van der Waals surface area contributed by atoms with Gasteiger partial charge in [-0.15, -0.1) is 0 Å². The van der Waals surface area contributed by atoms with Gasteiger partial charge in [0, 0.05) is 6.42 Å². The lowest BCUT2D eigenvalue weighted by Gasteiger charge is -2.11. The highest BCUT2D eigenvalue weighted by Crippen LogP contribution is 2.30. The Morgan fingerprint density at radius 3 is 2.55 bits per heavy atom. The number of aromatic amines is 1. The number of aromatic nitrogens is 2. The van der Waals surface area contributed by atoms with E-state index in [-0.39, 0.29) is 0 Å². The maximum absolute atomic E-state index is 10.1. The number of nitrogens with one attached hydrogen (secondary N) is 1. The average molecular weight is 386 g/mol. The number of hydrogen-bond donors (Lipinski definition) is 2. The standard InChI is InChI=1S/C25H26N2O2/c1-3-29-20-12-8-18(9-13-20)10-15-25-26-23-14-11-19(16-24(23)27-25)22-7-5-4-6-21(22)17(2)28/h4-9,11-14,16-17,28H,3,10,15H2,1-2H3,(H,26,27). The van der Waals surface area contributed by atoms with Crippen molar-refractivity contribution in [3.05, 3.63) is 83.7 Å². The largest absolute Gasteiger partial charge is 0.494 e. The smallest absolute Gasteiger partial charge is 0.119 e. The molecule has 4 heteroatoms. The minimum absolute atomic E-state index is 0.506. The number of H-pyrrole nitrogens is 1. The summed E-state index contributed by atoms with van der Waals surface area (Å²) in [6.07, 6.45) is 1.26. The van der Waals surface area contributed by atoms with Gasteiger partial charge < -0.3 is 14.8 Å². The van der Waals surface area contributed by atoms with E-state index >= 15 is 0 Å². The normalized spacial score (nSPS) is 12.2. The quantitative estimate of drug-likeness (QED) is 0.443. The summed E-state index contributed by atoms with van der Waals surface area (Å²) >= 11 is 0. The lowest BCUT2D eigenvalue weighted by molar-refractivity contribution is 0.200. The summed E-state index contributed by atoms with van der Waals surface area (Å²) in [4.78, 5) is 8.20. The third kappa shape index (κ3) is 4.33. The predicted molar refractivity (Wildman–Crippen MR) is 117 cm³/mol. The maximum Gasteiger partial charge on any atom is 0.119 e. The van der Waals surface area contributed by atoms with Crippen molar-refractivity contribution in [1.82, 2.24) is 9.97 Å². The molecular formula is C25H26N2O2. The molecule has 2 N–H and O–H groups in total. The lowest BCUT2D eigenvalue weighted by Crippen LogP contribution is -1.95. The molecule has 1 unspecified atom stereocenters. The van der Waals surface area contributed by atoms with Crippen molar-refractivity contribution in [3.63, 3.8) is 0 Å². The van der Waals surface area contributed by atoms with Gasteiger partial charge in [-0.05, 0) is 66.8 Å². The SMILES string of the molecule is CCOc1ccc(CCc2nc3ccc(-c4ccccc4C(C)O)cc3[nH]2)cc1. The Labute approximate surface area is 171 Å². The molecule has 0 bridgehead atoms. The first kappa shape index (κ1) is 19.2. The number of ether oxygens (including phenoxy) is 1. The Kier molecular flexibility index (Phi) is 5.63. The molecule has 1 aromatic heterocycles. The Morgan fingerprint density at radius 1 is 1.00 bits per heavy atom. The Bertz CT molecular complexity index is 1100. The molecule has 1 heterocycles. The van der Waals surface area contributed by atoms with Gasteiger partial charge in [0.2, 0.25) is 0 Å². The first-order chi connectivity index (χ1) is 14.1. The van der Waals surface area contributed by atoms with Crippen molar-refractivity contribution < 1.29 is 9.84 Å². The second kappa shape index (κ2) is 8.50. The molecule has 0 saturated carbocycles. The van der Waals surface area contributed by atoms with E-state index in [1.807, 2.05) is 49.4 Å². The highest BCUT2D eigenvalue weighted by Gasteiger charge is 2.11. The van der Waals surface area contributed by atoms with Crippen LogP contribution in [0.2, 0.25) is 0 Å². The van der Waals surface area contributed by atoms with E-state index in [0.29, 0.717) is 6.61 Å². The Balaban J connectivity index is 1.53. The summed E-state index contributed by atoms with van der Waals surface area (Å²) in [6, 6.07) is 22.5. The van der Waals surface area contributed by atoms with Crippen molar-refractivity contribution in [2.75, 3.05) is 6.61 Å². The summed E-state index contributed by atoms with van der Waals surface area (Å²) in [5, 5.41) is 10.1. The molecule has 0 spiro atoms. The van der Waals surface area contributed by atoms with Crippen LogP contribution in [-0.4, -0.2) is 21.7 Å². The summed E-state index contributed by atoms with van der Waals surface area (Å²) in [5.41, 5.74) is 6.31. The highest BCUT2D eigenvalue weighted by atomic mass is 16.5.